The Morgan fingerprint density at radius 3 is 2.67 bits per heavy atom. The molecule has 1 atom stereocenters. The van der Waals surface area contributed by atoms with E-state index in [-0.39, 0.29) is 12.6 Å². The van der Waals surface area contributed by atoms with Crippen LogP contribution in [0.4, 0.5) is 4.79 Å². The third-order valence-electron chi connectivity index (χ3n) is 1.68. The molecule has 0 aromatic carbocycles. The summed E-state index contributed by atoms with van der Waals surface area (Å²) in [7, 11) is 0. The number of carbonyl (C=O) groups excluding carboxylic acids is 1. The largest absolute Gasteiger partial charge is 0.480 e. The number of carboxylic acid groups (broad SMARTS) is 1. The van der Waals surface area contributed by atoms with Crippen molar-refractivity contribution in [1.29, 1.82) is 0 Å². The second kappa shape index (κ2) is 8.40. The number of nitrogens with one attached hydrogen (secondary N) is 2. The molecule has 0 radical (unpaired) electrons. The van der Waals surface area contributed by atoms with Gasteiger partial charge in [0, 0.05) is 6.04 Å². The molecule has 0 fully saturated rings. The molecular formula is C9H18N2O3S. The molecule has 88 valence electrons. The van der Waals surface area contributed by atoms with Gasteiger partial charge in [0.15, 0.2) is 0 Å². The predicted molar refractivity (Wildman–Crippen MR) is 61.2 cm³/mol. The molecule has 0 aliphatic heterocycles. The number of carbonyl (C=O) groups is 2. The minimum atomic E-state index is -1.04. The Morgan fingerprint density at radius 2 is 2.13 bits per heavy atom. The van der Waals surface area contributed by atoms with Gasteiger partial charge in [0.25, 0.3) is 0 Å². The number of thioether (sulfide) groups is 1. The number of hydrogen-bond acceptors (Lipinski definition) is 3. The summed E-state index contributed by atoms with van der Waals surface area (Å²) in [6.07, 6.45) is 0.888. The van der Waals surface area contributed by atoms with Gasteiger partial charge in [0.2, 0.25) is 0 Å². The van der Waals surface area contributed by atoms with E-state index in [0.717, 1.165) is 17.9 Å². The lowest BCUT2D eigenvalue weighted by molar-refractivity contribution is -0.135. The van der Waals surface area contributed by atoms with Crippen LogP contribution < -0.4 is 10.6 Å². The zero-order valence-corrected chi connectivity index (χ0v) is 9.89. The Balaban J connectivity index is 3.53. The molecule has 0 saturated heterocycles. The topological polar surface area (TPSA) is 78.4 Å². The number of rotatable bonds is 7. The molecule has 1 unspecified atom stereocenters. The Hall–Kier alpha value is -0.910. The van der Waals surface area contributed by atoms with Crippen molar-refractivity contribution in [3.63, 3.8) is 0 Å². The molecule has 0 heterocycles. The summed E-state index contributed by atoms with van der Waals surface area (Å²) >= 11 is 1.82. The van der Waals surface area contributed by atoms with Crippen LogP contribution in [0.5, 0.6) is 0 Å². The summed E-state index contributed by atoms with van der Waals surface area (Å²) in [5, 5.41) is 13.2. The van der Waals surface area contributed by atoms with Gasteiger partial charge in [-0.25, -0.2) is 4.79 Å². The summed E-state index contributed by atoms with van der Waals surface area (Å²) in [5.41, 5.74) is 0. The van der Waals surface area contributed by atoms with E-state index in [9.17, 15) is 9.59 Å². The van der Waals surface area contributed by atoms with Crippen LogP contribution in [0, 0.1) is 0 Å². The highest BCUT2D eigenvalue weighted by Gasteiger charge is 2.07. The quantitative estimate of drug-likeness (QED) is 0.572. The van der Waals surface area contributed by atoms with Crippen molar-refractivity contribution in [3.8, 4) is 0 Å². The summed E-state index contributed by atoms with van der Waals surface area (Å²) in [6.45, 7) is 3.64. The van der Waals surface area contributed by atoms with E-state index in [4.69, 9.17) is 5.11 Å². The summed E-state index contributed by atoms with van der Waals surface area (Å²) in [6, 6.07) is -0.357. The molecule has 3 N–H and O–H groups in total. The second-order valence-corrected chi connectivity index (χ2v) is 4.50. The van der Waals surface area contributed by atoms with Gasteiger partial charge in [-0.05, 0) is 24.9 Å². The summed E-state index contributed by atoms with van der Waals surface area (Å²) in [5.74, 6) is 1.02. The highest BCUT2D eigenvalue weighted by atomic mass is 32.2. The summed E-state index contributed by atoms with van der Waals surface area (Å²) in [4.78, 5) is 21.3. The average molecular weight is 234 g/mol. The maximum absolute atomic E-state index is 11.1. The van der Waals surface area contributed by atoms with Crippen molar-refractivity contribution >= 4 is 23.8 Å². The van der Waals surface area contributed by atoms with Crippen LogP contribution >= 0.6 is 11.8 Å². The van der Waals surface area contributed by atoms with Gasteiger partial charge >= 0.3 is 12.0 Å². The average Bonchev–Trinajstić information content (AvgIpc) is 2.15. The van der Waals surface area contributed by atoms with Crippen LogP contribution in [0.1, 0.15) is 20.3 Å². The van der Waals surface area contributed by atoms with Crippen molar-refractivity contribution in [1.82, 2.24) is 10.6 Å². The van der Waals surface area contributed by atoms with E-state index in [0.29, 0.717) is 0 Å². The number of carboxylic acids is 1. The van der Waals surface area contributed by atoms with Crippen LogP contribution in [-0.4, -0.2) is 41.2 Å². The van der Waals surface area contributed by atoms with Crippen LogP contribution in [0.3, 0.4) is 0 Å². The molecule has 0 spiro atoms. The summed E-state index contributed by atoms with van der Waals surface area (Å²) < 4.78 is 0. The third-order valence-corrected chi connectivity index (χ3v) is 2.61. The minimum Gasteiger partial charge on any atom is -0.480 e. The first-order valence-corrected chi connectivity index (χ1v) is 6.05. The van der Waals surface area contributed by atoms with E-state index in [1.165, 1.54) is 0 Å². The SMILES string of the molecule is CCSCCC(C)NC(=O)NCC(=O)O. The van der Waals surface area contributed by atoms with Gasteiger partial charge in [-0.3, -0.25) is 4.79 Å². The Labute approximate surface area is 94.0 Å². The predicted octanol–water partition coefficient (Wildman–Crippen LogP) is 0.902. The lowest BCUT2D eigenvalue weighted by Crippen LogP contribution is -2.42. The minimum absolute atomic E-state index is 0.0674. The van der Waals surface area contributed by atoms with Crippen molar-refractivity contribution in [3.05, 3.63) is 0 Å². The van der Waals surface area contributed by atoms with E-state index in [1.54, 1.807) is 0 Å². The fraction of sp³-hybridized carbons (Fsp3) is 0.778. The van der Waals surface area contributed by atoms with Crippen LogP contribution in [0.2, 0.25) is 0 Å². The first-order chi connectivity index (χ1) is 7.06. The van der Waals surface area contributed by atoms with Gasteiger partial charge in [-0.15, -0.1) is 0 Å². The molecule has 2 amide bonds. The zero-order chi connectivity index (χ0) is 11.7. The van der Waals surface area contributed by atoms with Crippen molar-refractivity contribution in [2.24, 2.45) is 0 Å². The maximum Gasteiger partial charge on any atom is 0.323 e. The number of aliphatic carboxylic acids is 1. The third kappa shape index (κ3) is 9.40. The molecule has 5 nitrogen and oxygen atoms in total. The fourth-order valence-corrected chi connectivity index (χ4v) is 1.72. The molecule has 0 bridgehead atoms. The standard InChI is InChI=1S/C9H18N2O3S/c1-3-15-5-4-7(2)11-9(14)10-6-8(12)13/h7H,3-6H2,1-2H3,(H,12,13)(H2,10,11,14). The van der Waals surface area contributed by atoms with Gasteiger partial charge < -0.3 is 15.7 Å². The lowest BCUT2D eigenvalue weighted by atomic mass is 10.3. The maximum atomic E-state index is 11.1. The Bertz CT molecular complexity index is 212. The molecule has 0 rings (SSSR count). The Kier molecular flexibility index (Phi) is 7.89. The molecule has 0 saturated carbocycles. The lowest BCUT2D eigenvalue weighted by Gasteiger charge is -2.13. The van der Waals surface area contributed by atoms with Crippen LogP contribution in [0.15, 0.2) is 0 Å². The van der Waals surface area contributed by atoms with Gasteiger partial charge in [-0.2, -0.15) is 11.8 Å². The molecule has 0 aliphatic rings. The van der Waals surface area contributed by atoms with Crippen LogP contribution in [0.25, 0.3) is 0 Å². The number of urea groups is 1. The van der Waals surface area contributed by atoms with E-state index in [2.05, 4.69) is 17.6 Å². The number of hydrogen-bond donors (Lipinski definition) is 3. The molecular weight excluding hydrogens is 216 g/mol. The molecule has 0 aromatic heterocycles. The zero-order valence-electron chi connectivity index (χ0n) is 9.08. The molecule has 0 aromatic rings. The smallest absolute Gasteiger partial charge is 0.323 e. The molecule has 15 heavy (non-hydrogen) atoms. The molecule has 0 aliphatic carbocycles. The van der Waals surface area contributed by atoms with Crippen molar-refractivity contribution < 1.29 is 14.7 Å². The first-order valence-electron chi connectivity index (χ1n) is 4.90. The normalized spacial score (nSPS) is 11.9. The van der Waals surface area contributed by atoms with Crippen LogP contribution in [-0.2, 0) is 4.79 Å². The van der Waals surface area contributed by atoms with Crippen molar-refractivity contribution in [2.75, 3.05) is 18.1 Å². The first kappa shape index (κ1) is 14.1. The Morgan fingerprint density at radius 1 is 1.47 bits per heavy atom. The van der Waals surface area contributed by atoms with Gasteiger partial charge in [0.1, 0.15) is 6.54 Å². The number of amides is 2. The van der Waals surface area contributed by atoms with Crippen molar-refractivity contribution in [2.45, 2.75) is 26.3 Å². The van der Waals surface area contributed by atoms with E-state index >= 15 is 0 Å². The van der Waals surface area contributed by atoms with E-state index < -0.39 is 12.0 Å². The van der Waals surface area contributed by atoms with E-state index in [1.807, 2.05) is 18.7 Å². The highest BCUT2D eigenvalue weighted by Crippen LogP contribution is 2.03. The highest BCUT2D eigenvalue weighted by molar-refractivity contribution is 7.99. The monoisotopic (exact) mass is 234 g/mol. The second-order valence-electron chi connectivity index (χ2n) is 3.11. The fourth-order valence-electron chi connectivity index (χ4n) is 0.907. The van der Waals surface area contributed by atoms with Gasteiger partial charge in [-0.1, -0.05) is 6.92 Å². The molecule has 6 heteroatoms. The van der Waals surface area contributed by atoms with Gasteiger partial charge in [0.05, 0.1) is 0 Å².